The minimum Gasteiger partial charge on any atom is -0.493 e. The quantitative estimate of drug-likeness (QED) is 0.257. The van der Waals surface area contributed by atoms with Crippen molar-refractivity contribution in [1.82, 2.24) is 24.1 Å². The van der Waals surface area contributed by atoms with E-state index in [4.69, 9.17) is 22.1 Å². The van der Waals surface area contributed by atoms with Crippen molar-refractivity contribution < 1.29 is 19.0 Å². The number of benzene rings is 1. The van der Waals surface area contributed by atoms with Gasteiger partial charge in [0.2, 0.25) is 5.88 Å². The summed E-state index contributed by atoms with van der Waals surface area (Å²) < 4.78 is 21.6. The predicted octanol–water partition coefficient (Wildman–Crippen LogP) is 0.920. The normalized spacial score (nSPS) is 15.4. The highest BCUT2D eigenvalue weighted by Crippen LogP contribution is 2.24. The lowest BCUT2D eigenvalue weighted by Gasteiger charge is -2.08. The van der Waals surface area contributed by atoms with E-state index in [-0.39, 0.29) is 17.4 Å². The summed E-state index contributed by atoms with van der Waals surface area (Å²) >= 11 is 6.02. The van der Waals surface area contributed by atoms with Gasteiger partial charge < -0.3 is 25.9 Å². The summed E-state index contributed by atoms with van der Waals surface area (Å²) in [4.78, 5) is 35.7. The number of aromatic amines is 1. The fraction of sp³-hybridized carbons (Fsp3) is 0.261. The molecule has 14 heteroatoms. The Morgan fingerprint density at radius 3 is 2.97 bits per heavy atom. The Labute approximate surface area is 212 Å². The van der Waals surface area contributed by atoms with Gasteiger partial charge >= 0.3 is 11.7 Å². The number of H-pyrrole nitrogens is 1. The topological polar surface area (TPSA) is 165 Å². The zero-order chi connectivity index (χ0) is 26.3. The number of carbonyl (C=O) groups excluding carboxylic acids is 1. The highest BCUT2D eigenvalue weighted by molar-refractivity contribution is 6.30. The number of anilines is 2. The first-order valence-electron chi connectivity index (χ1n) is 11.3. The van der Waals surface area contributed by atoms with E-state index >= 15 is 0 Å². The van der Waals surface area contributed by atoms with E-state index in [0.29, 0.717) is 27.2 Å². The van der Waals surface area contributed by atoms with Crippen molar-refractivity contribution >= 4 is 40.8 Å². The van der Waals surface area contributed by atoms with Crippen molar-refractivity contribution in [3.05, 3.63) is 68.2 Å². The van der Waals surface area contributed by atoms with E-state index in [1.54, 1.807) is 6.07 Å². The van der Waals surface area contributed by atoms with Gasteiger partial charge in [0, 0.05) is 16.3 Å². The van der Waals surface area contributed by atoms with Gasteiger partial charge in [0.25, 0.3) is 0 Å². The molecule has 1 aliphatic rings. The number of nitrogens with one attached hydrogen (secondary N) is 2. The fourth-order valence-corrected chi connectivity index (χ4v) is 3.63. The highest BCUT2D eigenvalue weighted by atomic mass is 35.5. The first-order chi connectivity index (χ1) is 17.7. The van der Waals surface area contributed by atoms with Gasteiger partial charge in [0.1, 0.15) is 23.4 Å². The van der Waals surface area contributed by atoms with Crippen LogP contribution in [0.3, 0.4) is 0 Å². The van der Waals surface area contributed by atoms with Crippen LogP contribution in [-0.4, -0.2) is 47.3 Å². The van der Waals surface area contributed by atoms with E-state index in [1.807, 2.05) is 0 Å². The van der Waals surface area contributed by atoms with Crippen LogP contribution in [0.5, 0.6) is 5.88 Å². The molecule has 1 atom stereocenters. The molecule has 37 heavy (non-hydrogen) atoms. The van der Waals surface area contributed by atoms with Gasteiger partial charge in [-0.2, -0.15) is 9.61 Å². The lowest BCUT2D eigenvalue weighted by molar-refractivity contribution is -0.148. The second kappa shape index (κ2) is 9.67. The Bertz CT molecular complexity index is 1690. The molecular formula is C23H22ClFN8O4. The second-order valence-electron chi connectivity index (χ2n) is 8.57. The van der Waals surface area contributed by atoms with Crippen molar-refractivity contribution in [2.45, 2.75) is 38.6 Å². The number of aromatic hydroxyl groups is 1. The van der Waals surface area contributed by atoms with Crippen LogP contribution in [0.2, 0.25) is 5.02 Å². The minimum atomic E-state index is -0.883. The number of fused-ring (bicyclic) bond motifs is 1. The summed E-state index contributed by atoms with van der Waals surface area (Å²) in [6, 6.07) is 5.04. The number of esters is 1. The van der Waals surface area contributed by atoms with E-state index in [0.717, 1.165) is 17.4 Å². The number of hydrogen-bond acceptors (Lipinski definition) is 9. The Morgan fingerprint density at radius 2 is 2.24 bits per heavy atom. The number of rotatable bonds is 7. The van der Waals surface area contributed by atoms with Crippen LogP contribution in [0.1, 0.15) is 25.5 Å². The molecule has 0 radical (unpaired) electrons. The molecule has 1 fully saturated rings. The molecule has 12 nitrogen and oxygen atoms in total. The summed E-state index contributed by atoms with van der Waals surface area (Å²) in [7, 11) is 0. The van der Waals surface area contributed by atoms with Crippen molar-refractivity contribution in [2.75, 3.05) is 5.32 Å². The third kappa shape index (κ3) is 5.17. The van der Waals surface area contributed by atoms with Crippen LogP contribution < -0.4 is 27.4 Å². The highest BCUT2D eigenvalue weighted by Gasteiger charge is 2.21. The van der Waals surface area contributed by atoms with Gasteiger partial charge in [-0.1, -0.05) is 11.6 Å². The maximum Gasteiger partial charge on any atom is 0.331 e. The number of hydrogen-bond donors (Lipinski definition) is 4. The molecule has 0 amide bonds. The number of nitrogens with two attached hydrogens (primary N) is 1. The Kier molecular flexibility index (Phi) is 6.39. The zero-order valence-corrected chi connectivity index (χ0v) is 20.2. The molecule has 0 aliphatic heterocycles. The number of nitrogens with zero attached hydrogens (tertiary/aromatic N) is 5. The van der Waals surface area contributed by atoms with Gasteiger partial charge in [-0.05, 0) is 44.0 Å². The molecular weight excluding hydrogens is 507 g/mol. The Morgan fingerprint density at radius 1 is 1.46 bits per heavy atom. The molecule has 4 aromatic rings. The van der Waals surface area contributed by atoms with Gasteiger partial charge in [0.15, 0.2) is 17.9 Å². The average molecular weight is 529 g/mol. The second-order valence-corrected chi connectivity index (χ2v) is 9.00. The standard InChI is InChI=1S/C23H22ClFN8O4/c1-11(26)22(35)37-10-32-21(34)17(30-23(32)36)6-12-9-27-33-19(28-14-3-4-14)8-18(31-20(12)33)29-16-7-13(24)2-5-15(16)25/h2,5-9,11,14,29,34H,3-4,10,26H2,1H3,(H,30,36)/b12-6+,28-19?. The van der Waals surface area contributed by atoms with E-state index < -0.39 is 36.1 Å². The molecule has 1 aliphatic carbocycles. The monoisotopic (exact) mass is 528 g/mol. The molecule has 3 heterocycles. The molecule has 3 aromatic heterocycles. The SMILES string of the molecule is CC(N)C(=O)OCn1c(O)c(/C=c2\cnn3c(=NC4CC4)cc(Nc4cc(Cl)ccc4F)nc23)[nH]c1=O. The molecule has 0 bridgehead atoms. The minimum absolute atomic E-state index is 0.0403. The van der Waals surface area contributed by atoms with Gasteiger partial charge in [-0.3, -0.25) is 9.79 Å². The van der Waals surface area contributed by atoms with Crippen LogP contribution in [-0.2, 0) is 16.3 Å². The number of imidazole rings is 1. The van der Waals surface area contributed by atoms with E-state index in [1.165, 1.54) is 41.9 Å². The summed E-state index contributed by atoms with van der Waals surface area (Å²) in [6.07, 6.45) is 4.85. The maximum absolute atomic E-state index is 14.3. The number of ether oxygens (including phenoxy) is 1. The van der Waals surface area contributed by atoms with Crippen LogP contribution in [0, 0.1) is 5.82 Å². The van der Waals surface area contributed by atoms with Crippen LogP contribution in [0.4, 0.5) is 15.9 Å². The zero-order valence-electron chi connectivity index (χ0n) is 19.5. The van der Waals surface area contributed by atoms with Gasteiger partial charge in [0.05, 0.1) is 17.9 Å². The fourth-order valence-electron chi connectivity index (χ4n) is 3.46. The number of aromatic nitrogens is 5. The summed E-state index contributed by atoms with van der Waals surface area (Å²) in [5.74, 6) is -1.41. The lowest BCUT2D eigenvalue weighted by atomic mass is 10.3. The van der Waals surface area contributed by atoms with E-state index in [2.05, 4.69) is 25.4 Å². The number of halogens is 2. The first kappa shape index (κ1) is 24.5. The van der Waals surface area contributed by atoms with E-state index in [9.17, 15) is 19.1 Å². The van der Waals surface area contributed by atoms with Crippen molar-refractivity contribution in [1.29, 1.82) is 0 Å². The molecule has 5 N–H and O–H groups in total. The van der Waals surface area contributed by atoms with Crippen molar-refractivity contribution in [3.8, 4) is 5.88 Å². The van der Waals surface area contributed by atoms with Crippen molar-refractivity contribution in [2.24, 2.45) is 10.7 Å². The van der Waals surface area contributed by atoms with Gasteiger partial charge in [-0.25, -0.2) is 18.7 Å². The average Bonchev–Trinajstić information content (AvgIpc) is 3.52. The van der Waals surface area contributed by atoms with Crippen LogP contribution in [0.15, 0.2) is 40.2 Å². The Hall–Kier alpha value is -4.23. The number of carbonyl (C=O) groups is 1. The summed E-state index contributed by atoms with van der Waals surface area (Å²) in [5.41, 5.74) is 5.76. The summed E-state index contributed by atoms with van der Waals surface area (Å²) in [5, 5.41) is 18.6. The van der Waals surface area contributed by atoms with Crippen molar-refractivity contribution in [3.63, 3.8) is 0 Å². The van der Waals surface area contributed by atoms with Crippen LogP contribution in [0.25, 0.3) is 11.7 Å². The molecule has 192 valence electrons. The predicted molar refractivity (Wildman–Crippen MR) is 132 cm³/mol. The molecule has 1 aromatic carbocycles. The smallest absolute Gasteiger partial charge is 0.331 e. The molecule has 5 rings (SSSR count). The first-order valence-corrected chi connectivity index (χ1v) is 11.7. The van der Waals surface area contributed by atoms with Gasteiger partial charge in [-0.15, -0.1) is 0 Å². The van der Waals surface area contributed by atoms with Crippen LogP contribution >= 0.6 is 11.6 Å². The molecule has 1 saturated carbocycles. The molecule has 0 spiro atoms. The third-order valence-corrected chi connectivity index (χ3v) is 5.76. The molecule has 1 unspecified atom stereocenters. The largest absolute Gasteiger partial charge is 0.493 e. The molecule has 0 saturated heterocycles. The summed E-state index contributed by atoms with van der Waals surface area (Å²) in [6.45, 7) is 0.916. The maximum atomic E-state index is 14.3. The third-order valence-electron chi connectivity index (χ3n) is 5.52. The lowest BCUT2D eigenvalue weighted by Crippen LogP contribution is -2.30. The Balaban J connectivity index is 1.58.